The van der Waals surface area contributed by atoms with Gasteiger partial charge in [0.1, 0.15) is 0 Å². The zero-order valence-corrected chi connectivity index (χ0v) is 44.4. The molecule has 13 aromatic rings. The van der Waals surface area contributed by atoms with Crippen LogP contribution < -0.4 is 0 Å². The standard InChI is InChI=1S/C78H57N/c1-77(2)69-37-21-18-34-61(69)63-43-40-58(51-72(63)77)65(53-24-8-3-9-25-53)46-52-47-67(55-28-12-5-13-29-55)76-64-36-20-23-39-73(64)79(75(76)48-52)74-45-42-57(49-66(74)54-26-10-4-11-27-54)56-41-44-71-68(50-56)62-35-19-22-38-70(62)78(71,59-30-14-6-15-31-59)60-32-16-7-17-33-60/h3-45,47-51,65H,46H2,1-2H3. The third kappa shape index (κ3) is 7.37. The Hall–Kier alpha value is -9.56. The first kappa shape index (κ1) is 46.7. The molecule has 0 amide bonds. The van der Waals surface area contributed by atoms with Gasteiger partial charge in [0.25, 0.3) is 0 Å². The average molecular weight is 1010 g/mol. The minimum Gasteiger partial charge on any atom is -0.309 e. The first-order valence-electron chi connectivity index (χ1n) is 27.9. The van der Waals surface area contributed by atoms with E-state index in [-0.39, 0.29) is 11.3 Å². The molecule has 1 atom stereocenters. The molecule has 0 fully saturated rings. The second-order valence-electron chi connectivity index (χ2n) is 22.3. The Bertz CT molecular complexity index is 4410. The Kier molecular flexibility index (Phi) is 11.0. The maximum atomic E-state index is 2.56. The van der Waals surface area contributed by atoms with E-state index < -0.39 is 5.41 Å². The van der Waals surface area contributed by atoms with Crippen molar-refractivity contribution in [1.82, 2.24) is 4.57 Å². The molecule has 0 radical (unpaired) electrons. The van der Waals surface area contributed by atoms with Gasteiger partial charge in [-0.25, -0.2) is 0 Å². The van der Waals surface area contributed by atoms with Crippen LogP contribution >= 0.6 is 0 Å². The summed E-state index contributed by atoms with van der Waals surface area (Å²) in [5.41, 5.74) is 27.4. The first-order valence-corrected chi connectivity index (χ1v) is 27.9. The molecule has 1 heteroatoms. The van der Waals surface area contributed by atoms with Crippen LogP contribution in [0.25, 0.3) is 83.1 Å². The van der Waals surface area contributed by atoms with Gasteiger partial charge in [0, 0.05) is 27.7 Å². The summed E-state index contributed by atoms with van der Waals surface area (Å²) in [6.07, 6.45) is 0.829. The molecule has 1 unspecified atom stereocenters. The number of fused-ring (bicyclic) bond motifs is 9. The third-order valence-electron chi connectivity index (χ3n) is 17.7. The van der Waals surface area contributed by atoms with Crippen molar-refractivity contribution < 1.29 is 0 Å². The van der Waals surface area contributed by atoms with E-state index >= 15 is 0 Å². The van der Waals surface area contributed by atoms with Crippen molar-refractivity contribution in [3.8, 4) is 61.3 Å². The summed E-state index contributed by atoms with van der Waals surface area (Å²) in [6.45, 7) is 4.78. The molecule has 0 spiro atoms. The van der Waals surface area contributed by atoms with Gasteiger partial charge in [0.05, 0.1) is 22.1 Å². The van der Waals surface area contributed by atoms with E-state index in [0.717, 1.165) is 12.1 Å². The minimum atomic E-state index is -0.453. The molecule has 15 rings (SSSR count). The predicted octanol–water partition coefficient (Wildman–Crippen LogP) is 19.8. The third-order valence-corrected chi connectivity index (χ3v) is 17.7. The molecule has 1 nitrogen and oxygen atoms in total. The van der Waals surface area contributed by atoms with Crippen molar-refractivity contribution in [3.63, 3.8) is 0 Å². The average Bonchev–Trinajstić information content (AvgIpc) is 3.79. The molecule has 0 saturated carbocycles. The van der Waals surface area contributed by atoms with Crippen LogP contribution in [-0.4, -0.2) is 4.57 Å². The molecule has 79 heavy (non-hydrogen) atoms. The number of hydrogen-bond acceptors (Lipinski definition) is 0. The van der Waals surface area contributed by atoms with E-state index in [9.17, 15) is 0 Å². The number of nitrogens with zero attached hydrogens (tertiary/aromatic N) is 1. The van der Waals surface area contributed by atoms with E-state index in [1.807, 2.05) is 0 Å². The minimum absolute atomic E-state index is 0.0991. The van der Waals surface area contributed by atoms with Gasteiger partial charge in [0.2, 0.25) is 0 Å². The lowest BCUT2D eigenvalue weighted by molar-refractivity contribution is 0.657. The zero-order chi connectivity index (χ0) is 52.7. The Morgan fingerprint density at radius 1 is 0.329 bits per heavy atom. The first-order chi connectivity index (χ1) is 38.9. The van der Waals surface area contributed by atoms with E-state index in [1.165, 1.54) is 128 Å². The number of benzene rings is 12. The quantitative estimate of drug-likeness (QED) is 0.129. The summed E-state index contributed by atoms with van der Waals surface area (Å²) in [5.74, 6) is 0.119. The van der Waals surface area contributed by atoms with E-state index in [0.29, 0.717) is 0 Å². The van der Waals surface area contributed by atoms with Gasteiger partial charge in [-0.3, -0.25) is 0 Å². The van der Waals surface area contributed by atoms with Gasteiger partial charge in [0.15, 0.2) is 0 Å². The molecule has 1 heterocycles. The molecule has 0 N–H and O–H groups in total. The van der Waals surface area contributed by atoms with Crippen molar-refractivity contribution in [2.75, 3.05) is 0 Å². The summed E-state index contributed by atoms with van der Waals surface area (Å²) in [4.78, 5) is 0. The topological polar surface area (TPSA) is 4.93 Å². The van der Waals surface area contributed by atoms with Crippen LogP contribution in [0.5, 0.6) is 0 Å². The molecule has 12 aromatic carbocycles. The Morgan fingerprint density at radius 2 is 0.848 bits per heavy atom. The molecule has 0 saturated heterocycles. The van der Waals surface area contributed by atoms with Crippen LogP contribution in [0.2, 0.25) is 0 Å². The monoisotopic (exact) mass is 1010 g/mol. The maximum Gasteiger partial charge on any atom is 0.0713 e. The van der Waals surface area contributed by atoms with Crippen LogP contribution in [-0.2, 0) is 17.3 Å². The fourth-order valence-corrected chi connectivity index (χ4v) is 14.1. The van der Waals surface area contributed by atoms with E-state index in [1.54, 1.807) is 0 Å². The number of para-hydroxylation sites is 1. The lowest BCUT2D eigenvalue weighted by Crippen LogP contribution is -2.28. The predicted molar refractivity (Wildman–Crippen MR) is 330 cm³/mol. The van der Waals surface area contributed by atoms with Gasteiger partial charge in [-0.2, -0.15) is 0 Å². The van der Waals surface area contributed by atoms with Crippen LogP contribution in [0, 0.1) is 0 Å². The van der Waals surface area contributed by atoms with Gasteiger partial charge in [-0.1, -0.05) is 275 Å². The van der Waals surface area contributed by atoms with Crippen LogP contribution in [0.4, 0.5) is 0 Å². The summed E-state index contributed by atoms with van der Waals surface area (Å²) >= 11 is 0. The fraction of sp³-hybridized carbons (Fsp3) is 0.0769. The SMILES string of the molecule is CC1(C)c2ccccc2-c2ccc(C(Cc3cc(-c4ccccc4)c4c5ccccc5n(-c5ccc(-c6ccc7c(c6)-c6ccccc6C7(c6ccccc6)c6ccccc6)cc5-c5ccccc5)c4c3)c3ccccc3)cc21. The second-order valence-corrected chi connectivity index (χ2v) is 22.3. The smallest absolute Gasteiger partial charge is 0.0713 e. The van der Waals surface area contributed by atoms with Crippen molar-refractivity contribution >= 4 is 21.8 Å². The second kappa shape index (κ2) is 18.6. The van der Waals surface area contributed by atoms with Gasteiger partial charge in [-0.15, -0.1) is 0 Å². The van der Waals surface area contributed by atoms with Crippen molar-refractivity contribution in [2.24, 2.45) is 0 Å². The highest BCUT2D eigenvalue weighted by molar-refractivity contribution is 6.16. The maximum absolute atomic E-state index is 2.56. The summed E-state index contributed by atoms with van der Waals surface area (Å²) < 4.78 is 2.56. The van der Waals surface area contributed by atoms with E-state index in [4.69, 9.17) is 0 Å². The Labute approximate surface area is 463 Å². The van der Waals surface area contributed by atoms with Crippen LogP contribution in [0.1, 0.15) is 69.8 Å². The Balaban J connectivity index is 0.924. The zero-order valence-electron chi connectivity index (χ0n) is 44.4. The summed E-state index contributed by atoms with van der Waals surface area (Å²) in [5, 5.41) is 2.50. The van der Waals surface area contributed by atoms with Crippen molar-refractivity contribution in [1.29, 1.82) is 0 Å². The van der Waals surface area contributed by atoms with Gasteiger partial charge >= 0.3 is 0 Å². The normalized spacial score (nSPS) is 13.9. The summed E-state index contributed by atoms with van der Waals surface area (Å²) in [6, 6.07) is 109. The number of aromatic nitrogens is 1. The lowest BCUT2D eigenvalue weighted by Gasteiger charge is -2.33. The summed E-state index contributed by atoms with van der Waals surface area (Å²) in [7, 11) is 0. The molecule has 2 aliphatic rings. The molecule has 0 aliphatic heterocycles. The number of hydrogen-bond donors (Lipinski definition) is 0. The largest absolute Gasteiger partial charge is 0.309 e. The molecule has 1 aromatic heterocycles. The number of rotatable bonds is 10. The highest BCUT2D eigenvalue weighted by Crippen LogP contribution is 2.57. The molecular weight excluding hydrogens is 951 g/mol. The Morgan fingerprint density at radius 3 is 1.53 bits per heavy atom. The molecular formula is C78H57N. The van der Waals surface area contributed by atoms with Crippen molar-refractivity contribution in [3.05, 3.63) is 341 Å². The highest BCUT2D eigenvalue weighted by Gasteiger charge is 2.46. The van der Waals surface area contributed by atoms with Crippen LogP contribution in [0.3, 0.4) is 0 Å². The van der Waals surface area contributed by atoms with Crippen molar-refractivity contribution in [2.45, 2.75) is 37.0 Å². The van der Waals surface area contributed by atoms with E-state index in [2.05, 4.69) is 310 Å². The van der Waals surface area contributed by atoms with Gasteiger partial charge < -0.3 is 4.57 Å². The van der Waals surface area contributed by atoms with Gasteiger partial charge in [-0.05, 0) is 137 Å². The molecule has 0 bridgehead atoms. The lowest BCUT2D eigenvalue weighted by atomic mass is 9.67. The fourth-order valence-electron chi connectivity index (χ4n) is 14.1. The molecule has 374 valence electrons. The highest BCUT2D eigenvalue weighted by atomic mass is 15.0. The molecule has 2 aliphatic carbocycles. The van der Waals surface area contributed by atoms with Crippen LogP contribution in [0.15, 0.2) is 291 Å².